The standard InChI is InChI=1S/C26H23F3N2O3S/c1-3-33-25(32)15-34-24-12-11-21(13-17(24)2)35-16-18-5-4-6-23-22(18)14-31(30-23)20-9-7-19(8-10-20)26(27,28)29/h4-14H,3,15-16H2,1-2H3. The number of carbonyl (C=O) groups is 1. The summed E-state index contributed by atoms with van der Waals surface area (Å²) in [6, 6.07) is 16.5. The fourth-order valence-corrected chi connectivity index (χ4v) is 4.54. The second-order valence-corrected chi connectivity index (χ2v) is 8.83. The van der Waals surface area contributed by atoms with Crippen molar-refractivity contribution >= 4 is 28.6 Å². The van der Waals surface area contributed by atoms with Crippen molar-refractivity contribution in [3.63, 3.8) is 0 Å². The van der Waals surface area contributed by atoms with Gasteiger partial charge in [0.25, 0.3) is 0 Å². The topological polar surface area (TPSA) is 53.4 Å². The van der Waals surface area contributed by atoms with Crippen molar-refractivity contribution in [3.05, 3.63) is 83.6 Å². The first kappa shape index (κ1) is 24.7. The van der Waals surface area contributed by atoms with Crippen molar-refractivity contribution < 1.29 is 27.4 Å². The van der Waals surface area contributed by atoms with E-state index in [1.165, 1.54) is 12.1 Å². The molecule has 0 saturated heterocycles. The van der Waals surface area contributed by atoms with Gasteiger partial charge in [-0.1, -0.05) is 12.1 Å². The Morgan fingerprint density at radius 1 is 1.09 bits per heavy atom. The Hall–Kier alpha value is -3.46. The van der Waals surface area contributed by atoms with Gasteiger partial charge in [-0.25, -0.2) is 9.48 Å². The summed E-state index contributed by atoms with van der Waals surface area (Å²) < 4.78 is 50.6. The van der Waals surface area contributed by atoms with Crippen molar-refractivity contribution in [1.29, 1.82) is 0 Å². The van der Waals surface area contributed by atoms with E-state index in [0.717, 1.165) is 39.1 Å². The number of thioether (sulfide) groups is 1. The highest BCUT2D eigenvalue weighted by atomic mass is 32.2. The number of hydrogen-bond donors (Lipinski definition) is 0. The summed E-state index contributed by atoms with van der Waals surface area (Å²) in [4.78, 5) is 12.5. The van der Waals surface area contributed by atoms with Crippen molar-refractivity contribution in [2.75, 3.05) is 13.2 Å². The lowest BCUT2D eigenvalue weighted by Gasteiger charge is -2.10. The van der Waals surface area contributed by atoms with Crippen LogP contribution in [0.15, 0.2) is 71.8 Å². The smallest absolute Gasteiger partial charge is 0.416 e. The quantitative estimate of drug-likeness (QED) is 0.202. The van der Waals surface area contributed by atoms with Crippen LogP contribution in [0.2, 0.25) is 0 Å². The second kappa shape index (κ2) is 10.4. The summed E-state index contributed by atoms with van der Waals surface area (Å²) in [6.45, 7) is 3.84. The molecule has 0 spiro atoms. The third kappa shape index (κ3) is 5.97. The van der Waals surface area contributed by atoms with E-state index >= 15 is 0 Å². The molecule has 4 rings (SSSR count). The van der Waals surface area contributed by atoms with E-state index in [1.54, 1.807) is 23.4 Å². The molecule has 0 saturated carbocycles. The maximum atomic E-state index is 12.9. The molecule has 0 aliphatic rings. The van der Waals surface area contributed by atoms with E-state index in [1.807, 2.05) is 49.5 Å². The summed E-state index contributed by atoms with van der Waals surface area (Å²) in [6.07, 6.45) is -2.53. The molecule has 0 bridgehead atoms. The minimum Gasteiger partial charge on any atom is -0.482 e. The highest BCUT2D eigenvalue weighted by Gasteiger charge is 2.30. The number of hydrogen-bond acceptors (Lipinski definition) is 5. The molecule has 1 heterocycles. The van der Waals surface area contributed by atoms with E-state index in [4.69, 9.17) is 9.47 Å². The molecule has 3 aromatic carbocycles. The lowest BCUT2D eigenvalue weighted by atomic mass is 10.1. The van der Waals surface area contributed by atoms with Crippen LogP contribution >= 0.6 is 11.8 Å². The van der Waals surface area contributed by atoms with Gasteiger partial charge >= 0.3 is 12.1 Å². The molecule has 182 valence electrons. The van der Waals surface area contributed by atoms with Crippen molar-refractivity contribution in [2.45, 2.75) is 30.7 Å². The molecule has 0 atom stereocenters. The third-order valence-electron chi connectivity index (χ3n) is 5.29. The van der Waals surface area contributed by atoms with Crippen LogP contribution in [0.25, 0.3) is 16.6 Å². The Morgan fingerprint density at radius 2 is 1.86 bits per heavy atom. The fraction of sp³-hybridized carbons (Fsp3) is 0.231. The van der Waals surface area contributed by atoms with E-state index in [2.05, 4.69) is 5.10 Å². The van der Waals surface area contributed by atoms with Gasteiger partial charge in [0.2, 0.25) is 0 Å². The number of ether oxygens (including phenoxy) is 2. The number of alkyl halides is 3. The molecule has 4 aromatic rings. The minimum atomic E-state index is -4.37. The number of fused-ring (bicyclic) bond motifs is 1. The van der Waals surface area contributed by atoms with E-state index in [-0.39, 0.29) is 6.61 Å². The fourth-order valence-electron chi connectivity index (χ4n) is 3.54. The monoisotopic (exact) mass is 500 g/mol. The van der Waals surface area contributed by atoms with E-state index in [0.29, 0.717) is 23.8 Å². The van der Waals surface area contributed by atoms with Crippen molar-refractivity contribution in [1.82, 2.24) is 9.78 Å². The van der Waals surface area contributed by atoms with Crippen LogP contribution in [-0.4, -0.2) is 29.0 Å². The van der Waals surface area contributed by atoms with Gasteiger partial charge in [0, 0.05) is 22.2 Å². The lowest BCUT2D eigenvalue weighted by Crippen LogP contribution is -2.14. The van der Waals surface area contributed by atoms with Crippen LogP contribution < -0.4 is 4.74 Å². The number of aromatic nitrogens is 2. The minimum absolute atomic E-state index is 0.133. The highest BCUT2D eigenvalue weighted by molar-refractivity contribution is 7.98. The van der Waals surface area contributed by atoms with Gasteiger partial charge < -0.3 is 9.47 Å². The largest absolute Gasteiger partial charge is 0.482 e. The summed E-state index contributed by atoms with van der Waals surface area (Å²) in [5.41, 5.74) is 2.60. The van der Waals surface area contributed by atoms with E-state index < -0.39 is 17.7 Å². The van der Waals surface area contributed by atoms with Crippen molar-refractivity contribution in [3.8, 4) is 11.4 Å². The maximum absolute atomic E-state index is 12.9. The Kier molecular flexibility index (Phi) is 7.35. The van der Waals surface area contributed by atoms with Gasteiger partial charge in [0.1, 0.15) is 5.75 Å². The Morgan fingerprint density at radius 3 is 2.54 bits per heavy atom. The molecular formula is C26H23F3N2O3S. The molecule has 0 unspecified atom stereocenters. The molecule has 35 heavy (non-hydrogen) atoms. The lowest BCUT2D eigenvalue weighted by molar-refractivity contribution is -0.145. The molecule has 1 aromatic heterocycles. The predicted molar refractivity (Wildman–Crippen MR) is 129 cm³/mol. The maximum Gasteiger partial charge on any atom is 0.416 e. The van der Waals surface area contributed by atoms with Crippen LogP contribution in [0.4, 0.5) is 13.2 Å². The Bertz CT molecular complexity index is 1330. The van der Waals surface area contributed by atoms with Crippen LogP contribution in [0, 0.1) is 6.92 Å². The van der Waals surface area contributed by atoms with Gasteiger partial charge in [0.05, 0.1) is 23.4 Å². The zero-order valence-corrected chi connectivity index (χ0v) is 19.9. The molecule has 0 aliphatic heterocycles. The number of esters is 1. The number of nitrogens with zero attached hydrogens (tertiary/aromatic N) is 2. The third-order valence-corrected chi connectivity index (χ3v) is 6.33. The molecule has 0 amide bonds. The zero-order chi connectivity index (χ0) is 25.0. The first-order valence-corrected chi connectivity index (χ1v) is 11.9. The van der Waals surface area contributed by atoms with Gasteiger partial charge in [-0.2, -0.15) is 18.3 Å². The SMILES string of the molecule is CCOC(=O)COc1ccc(SCc2cccc3nn(-c4ccc(C(F)(F)F)cc4)cc23)cc1C. The first-order valence-electron chi connectivity index (χ1n) is 10.9. The average Bonchev–Trinajstić information content (AvgIpc) is 3.27. The summed E-state index contributed by atoms with van der Waals surface area (Å²) in [5, 5.41) is 5.47. The number of rotatable bonds is 8. The second-order valence-electron chi connectivity index (χ2n) is 7.78. The van der Waals surface area contributed by atoms with E-state index in [9.17, 15) is 18.0 Å². The van der Waals surface area contributed by atoms with Crippen LogP contribution in [0.3, 0.4) is 0 Å². The predicted octanol–water partition coefficient (Wildman–Crippen LogP) is 6.59. The number of benzene rings is 3. The Labute approximate surface area is 204 Å². The Balaban J connectivity index is 1.47. The van der Waals surface area contributed by atoms with Gasteiger partial charge in [-0.15, -0.1) is 11.8 Å². The number of aryl methyl sites for hydroxylation is 1. The molecule has 0 aliphatic carbocycles. The highest BCUT2D eigenvalue weighted by Crippen LogP contribution is 2.32. The average molecular weight is 501 g/mol. The molecular weight excluding hydrogens is 477 g/mol. The number of carbonyl (C=O) groups excluding carboxylic acids is 1. The van der Waals surface area contributed by atoms with Gasteiger partial charge in [-0.05, 0) is 73.5 Å². The molecule has 9 heteroatoms. The number of halogens is 3. The first-order chi connectivity index (χ1) is 16.7. The summed E-state index contributed by atoms with van der Waals surface area (Å²) in [5.74, 6) is 0.899. The zero-order valence-electron chi connectivity index (χ0n) is 19.1. The van der Waals surface area contributed by atoms with Crippen LogP contribution in [0.5, 0.6) is 5.75 Å². The van der Waals surface area contributed by atoms with Crippen LogP contribution in [-0.2, 0) is 21.5 Å². The summed E-state index contributed by atoms with van der Waals surface area (Å²) in [7, 11) is 0. The van der Waals surface area contributed by atoms with Crippen LogP contribution in [0.1, 0.15) is 23.6 Å². The summed E-state index contributed by atoms with van der Waals surface area (Å²) >= 11 is 1.64. The molecule has 5 nitrogen and oxygen atoms in total. The van der Waals surface area contributed by atoms with Crippen molar-refractivity contribution in [2.24, 2.45) is 0 Å². The molecule has 0 fully saturated rings. The molecule has 0 radical (unpaired) electrons. The van der Waals surface area contributed by atoms with Gasteiger partial charge in [-0.3, -0.25) is 0 Å². The van der Waals surface area contributed by atoms with Gasteiger partial charge in [0.15, 0.2) is 6.61 Å². The molecule has 0 N–H and O–H groups in total. The normalized spacial score (nSPS) is 11.6.